The number of nitriles is 1. The zero-order chi connectivity index (χ0) is 28.7. The van der Waals surface area contributed by atoms with Crippen molar-refractivity contribution < 1.29 is 35.8 Å². The van der Waals surface area contributed by atoms with Crippen LogP contribution in [-0.4, -0.2) is 45.1 Å². The van der Waals surface area contributed by atoms with Crippen LogP contribution in [0.1, 0.15) is 48.5 Å². The summed E-state index contributed by atoms with van der Waals surface area (Å²) < 4.78 is 94.0. The first kappa shape index (κ1) is 28.1. The highest BCUT2D eigenvalue weighted by atomic mass is 19.3. The fourth-order valence-corrected chi connectivity index (χ4v) is 4.20. The van der Waals surface area contributed by atoms with Gasteiger partial charge >= 0.3 is 12.3 Å². The van der Waals surface area contributed by atoms with Gasteiger partial charge in [-0.1, -0.05) is 12.2 Å². The van der Waals surface area contributed by atoms with Gasteiger partial charge in [0, 0.05) is 11.5 Å². The van der Waals surface area contributed by atoms with E-state index in [0.29, 0.717) is 23.4 Å². The lowest BCUT2D eigenvalue weighted by Gasteiger charge is -2.34. The van der Waals surface area contributed by atoms with Crippen molar-refractivity contribution in [3.8, 4) is 17.7 Å². The Bertz CT molecular complexity index is 1430. The van der Waals surface area contributed by atoms with Crippen molar-refractivity contribution in [3.63, 3.8) is 0 Å². The first-order valence-corrected chi connectivity index (χ1v) is 11.8. The summed E-state index contributed by atoms with van der Waals surface area (Å²) in [6, 6.07) is 1.72. The van der Waals surface area contributed by atoms with Gasteiger partial charge in [0.05, 0.1) is 37.3 Å². The maximum Gasteiger partial charge on any atom is 0.352 e. The van der Waals surface area contributed by atoms with Gasteiger partial charge in [-0.3, -0.25) is 9.36 Å². The Morgan fingerprint density at radius 3 is 2.51 bits per heavy atom. The molecule has 4 rings (SSSR count). The van der Waals surface area contributed by atoms with Crippen LogP contribution in [0.3, 0.4) is 0 Å². The SMILES string of the molecule is COc1nc(C)nc(C2CC2)c1Cn1cnc(C(F)(F)C(F)F)c(OC2(C)C=CC(C(F)F)=CC2C#N)c1=O. The maximum atomic E-state index is 14.6. The van der Waals surface area contributed by atoms with E-state index in [4.69, 9.17) is 9.47 Å². The summed E-state index contributed by atoms with van der Waals surface area (Å²) in [6.45, 7) is 2.51. The minimum atomic E-state index is -4.90. The minimum absolute atomic E-state index is 0.0657. The highest BCUT2D eigenvalue weighted by molar-refractivity contribution is 5.39. The van der Waals surface area contributed by atoms with Gasteiger partial charge in [-0.05, 0) is 32.8 Å². The Balaban J connectivity index is 1.84. The first-order valence-electron chi connectivity index (χ1n) is 11.8. The summed E-state index contributed by atoms with van der Waals surface area (Å²) in [5.74, 6) is -7.01. The fourth-order valence-electron chi connectivity index (χ4n) is 4.20. The standard InChI is InChI=1S/C25H23F6N5O3/c1-12-34-17(13-4-5-13)16(21(35-12)38-3)10-36-11-33-19(25(30,31)23(28)29)18(22(36)37)39-24(2)7-6-14(20(26)27)8-15(24)9-32/h6-8,11,13,15,20,23H,4-5,10H2,1-3H3. The molecule has 39 heavy (non-hydrogen) atoms. The van der Waals surface area contributed by atoms with Crippen molar-refractivity contribution in [2.75, 3.05) is 7.11 Å². The molecular weight excluding hydrogens is 532 g/mol. The molecular formula is C25H23F6N5O3. The average Bonchev–Trinajstić information content (AvgIpc) is 3.72. The zero-order valence-corrected chi connectivity index (χ0v) is 21.0. The molecule has 0 saturated heterocycles. The monoisotopic (exact) mass is 555 g/mol. The van der Waals surface area contributed by atoms with Crippen LogP contribution in [0.25, 0.3) is 0 Å². The number of halogens is 6. The van der Waals surface area contributed by atoms with Crippen molar-refractivity contribution >= 4 is 0 Å². The number of hydrogen-bond acceptors (Lipinski definition) is 7. The summed E-state index contributed by atoms with van der Waals surface area (Å²) in [7, 11) is 1.35. The predicted molar refractivity (Wildman–Crippen MR) is 124 cm³/mol. The number of nitrogens with zero attached hydrogens (tertiary/aromatic N) is 5. The Morgan fingerprint density at radius 1 is 1.26 bits per heavy atom. The van der Waals surface area contributed by atoms with Crippen LogP contribution >= 0.6 is 0 Å². The Labute approximate surface area is 218 Å². The van der Waals surface area contributed by atoms with Crippen LogP contribution in [0, 0.1) is 24.2 Å². The molecule has 0 aliphatic heterocycles. The Hall–Kier alpha value is -3.89. The summed E-state index contributed by atoms with van der Waals surface area (Å²) in [6.07, 6.45) is -2.11. The summed E-state index contributed by atoms with van der Waals surface area (Å²) in [5, 5.41) is 9.56. The van der Waals surface area contributed by atoms with Crippen molar-refractivity contribution in [2.24, 2.45) is 5.92 Å². The molecule has 208 valence electrons. The van der Waals surface area contributed by atoms with Crippen LogP contribution in [0.5, 0.6) is 11.6 Å². The van der Waals surface area contributed by atoms with Crippen LogP contribution in [-0.2, 0) is 12.5 Å². The Morgan fingerprint density at radius 2 is 1.95 bits per heavy atom. The quantitative estimate of drug-likeness (QED) is 0.415. The van der Waals surface area contributed by atoms with Gasteiger partial charge in [0.2, 0.25) is 11.6 Å². The number of methoxy groups -OCH3 is 1. The van der Waals surface area contributed by atoms with E-state index >= 15 is 0 Å². The van der Waals surface area contributed by atoms with Crippen molar-refractivity contribution in [1.29, 1.82) is 5.26 Å². The lowest BCUT2D eigenvalue weighted by Crippen LogP contribution is -2.43. The number of rotatable bonds is 9. The van der Waals surface area contributed by atoms with E-state index in [1.807, 2.05) is 0 Å². The summed E-state index contributed by atoms with van der Waals surface area (Å²) in [4.78, 5) is 25.6. The molecule has 2 atom stereocenters. The third-order valence-electron chi connectivity index (χ3n) is 6.48. The fraction of sp³-hybridized carbons (Fsp3) is 0.480. The average molecular weight is 555 g/mol. The van der Waals surface area contributed by atoms with Crippen LogP contribution < -0.4 is 15.0 Å². The maximum absolute atomic E-state index is 14.6. The van der Waals surface area contributed by atoms with Gasteiger partial charge < -0.3 is 9.47 Å². The number of allylic oxidation sites excluding steroid dienone is 2. The lowest BCUT2D eigenvalue weighted by molar-refractivity contribution is -0.140. The Kier molecular flexibility index (Phi) is 7.46. The van der Waals surface area contributed by atoms with Crippen molar-refractivity contribution in [2.45, 2.75) is 63.5 Å². The number of hydrogen-bond donors (Lipinski definition) is 0. The van der Waals surface area contributed by atoms with Crippen LogP contribution in [0.4, 0.5) is 26.3 Å². The molecule has 1 saturated carbocycles. The lowest BCUT2D eigenvalue weighted by atomic mass is 9.83. The largest absolute Gasteiger partial charge is 0.481 e. The molecule has 2 aliphatic carbocycles. The van der Waals surface area contributed by atoms with E-state index in [1.54, 1.807) is 13.0 Å². The minimum Gasteiger partial charge on any atom is -0.481 e. The molecule has 1 fully saturated rings. The zero-order valence-electron chi connectivity index (χ0n) is 21.0. The number of aryl methyl sites for hydroxylation is 1. The van der Waals surface area contributed by atoms with E-state index < -0.39 is 52.9 Å². The number of ether oxygens (including phenoxy) is 2. The number of alkyl halides is 6. The molecule has 0 spiro atoms. The van der Waals surface area contributed by atoms with Crippen LogP contribution in [0.2, 0.25) is 0 Å². The van der Waals surface area contributed by atoms with Crippen LogP contribution in [0.15, 0.2) is 34.9 Å². The van der Waals surface area contributed by atoms with E-state index in [0.717, 1.165) is 35.6 Å². The van der Waals surface area contributed by atoms with E-state index in [9.17, 15) is 36.4 Å². The highest BCUT2D eigenvalue weighted by Gasteiger charge is 2.49. The molecule has 2 heterocycles. The van der Waals surface area contributed by atoms with E-state index in [2.05, 4.69) is 15.0 Å². The molecule has 2 aliphatic rings. The molecule has 0 amide bonds. The highest BCUT2D eigenvalue weighted by Crippen LogP contribution is 2.43. The van der Waals surface area contributed by atoms with Gasteiger partial charge in [-0.15, -0.1) is 0 Å². The molecule has 2 unspecified atom stereocenters. The van der Waals surface area contributed by atoms with E-state index in [1.165, 1.54) is 14.0 Å². The van der Waals surface area contributed by atoms with Gasteiger partial charge in [0.15, 0.2) is 5.69 Å². The van der Waals surface area contributed by atoms with Crippen molar-refractivity contribution in [3.05, 3.63) is 63.3 Å². The molecule has 0 N–H and O–H groups in total. The second kappa shape index (κ2) is 10.3. The second-order valence-electron chi connectivity index (χ2n) is 9.39. The smallest absolute Gasteiger partial charge is 0.352 e. The molecule has 0 aromatic carbocycles. The number of aromatic nitrogens is 4. The summed E-state index contributed by atoms with van der Waals surface area (Å²) >= 11 is 0. The van der Waals surface area contributed by atoms with Gasteiger partial charge in [0.1, 0.15) is 17.3 Å². The predicted octanol–water partition coefficient (Wildman–Crippen LogP) is 4.67. The van der Waals surface area contributed by atoms with E-state index in [-0.39, 0.29) is 18.3 Å². The molecule has 14 heteroatoms. The van der Waals surface area contributed by atoms with Crippen molar-refractivity contribution in [1.82, 2.24) is 19.5 Å². The topological polar surface area (TPSA) is 103 Å². The molecule has 0 radical (unpaired) electrons. The molecule has 2 aromatic rings. The molecule has 0 bridgehead atoms. The normalized spacial score (nSPS) is 21.2. The van der Waals surface area contributed by atoms with Gasteiger partial charge in [0.25, 0.3) is 12.0 Å². The molecule has 2 aromatic heterocycles. The third-order valence-corrected chi connectivity index (χ3v) is 6.48. The second-order valence-corrected chi connectivity index (χ2v) is 9.39. The van der Waals surface area contributed by atoms with Gasteiger partial charge in [-0.2, -0.15) is 19.0 Å². The van der Waals surface area contributed by atoms with Gasteiger partial charge in [-0.25, -0.2) is 27.5 Å². The third kappa shape index (κ3) is 5.35. The molecule has 8 nitrogen and oxygen atoms in total. The summed E-state index contributed by atoms with van der Waals surface area (Å²) in [5.41, 5.74) is -4.42. The first-order chi connectivity index (χ1) is 18.3.